The second kappa shape index (κ2) is 5.53. The normalized spacial score (nSPS) is 10.9. The van der Waals surface area contributed by atoms with Gasteiger partial charge >= 0.3 is 0 Å². The van der Waals surface area contributed by atoms with E-state index in [0.29, 0.717) is 24.7 Å². The molecular weight excluding hydrogens is 220 g/mol. The molecule has 0 aliphatic rings. The van der Waals surface area contributed by atoms with Crippen molar-refractivity contribution in [2.75, 3.05) is 6.54 Å². The lowest BCUT2D eigenvalue weighted by atomic mass is 10.2. The highest BCUT2D eigenvalue weighted by molar-refractivity contribution is 5.43. The Morgan fingerprint density at radius 2 is 2.35 bits per heavy atom. The molecule has 0 saturated carbocycles. The Morgan fingerprint density at radius 3 is 3.12 bits per heavy atom. The molecule has 0 aliphatic carbocycles. The van der Waals surface area contributed by atoms with Gasteiger partial charge in [0, 0.05) is 13.0 Å². The van der Waals surface area contributed by atoms with Gasteiger partial charge in [0.05, 0.1) is 12.7 Å². The van der Waals surface area contributed by atoms with Gasteiger partial charge in [0.2, 0.25) is 0 Å². The van der Waals surface area contributed by atoms with E-state index in [-0.39, 0.29) is 0 Å². The first-order chi connectivity index (χ1) is 8.33. The summed E-state index contributed by atoms with van der Waals surface area (Å²) in [6.45, 7) is 3.28. The number of rotatable bonds is 6. The van der Waals surface area contributed by atoms with Crippen molar-refractivity contribution >= 4 is 0 Å². The molecule has 0 amide bonds. The third kappa shape index (κ3) is 2.88. The van der Waals surface area contributed by atoms with Crippen molar-refractivity contribution in [3.63, 3.8) is 0 Å². The molecule has 7 nitrogen and oxygen atoms in total. The topological polar surface area (TPSA) is 95.7 Å². The van der Waals surface area contributed by atoms with Crippen LogP contribution >= 0.6 is 0 Å². The van der Waals surface area contributed by atoms with Gasteiger partial charge in [0.25, 0.3) is 5.89 Å². The molecule has 0 radical (unpaired) electrons. The third-order valence-electron chi connectivity index (χ3n) is 2.34. The number of aromatic nitrogens is 5. The van der Waals surface area contributed by atoms with Crippen LogP contribution in [-0.2, 0) is 13.0 Å². The van der Waals surface area contributed by atoms with Crippen molar-refractivity contribution in [1.29, 1.82) is 0 Å². The lowest BCUT2D eigenvalue weighted by Crippen LogP contribution is -2.10. The van der Waals surface area contributed by atoms with E-state index in [2.05, 4.69) is 27.4 Å². The van der Waals surface area contributed by atoms with Crippen molar-refractivity contribution in [3.8, 4) is 11.6 Å². The largest absolute Gasteiger partial charge is 0.332 e. The van der Waals surface area contributed by atoms with Crippen molar-refractivity contribution < 1.29 is 4.52 Å². The van der Waals surface area contributed by atoms with Gasteiger partial charge in [0.1, 0.15) is 0 Å². The highest BCUT2D eigenvalue weighted by atomic mass is 16.5. The Bertz CT molecular complexity index is 463. The van der Waals surface area contributed by atoms with Gasteiger partial charge in [-0.2, -0.15) is 4.98 Å². The van der Waals surface area contributed by atoms with Gasteiger partial charge in [0.15, 0.2) is 11.5 Å². The van der Waals surface area contributed by atoms with E-state index in [1.165, 1.54) is 0 Å². The van der Waals surface area contributed by atoms with Gasteiger partial charge in [-0.25, -0.2) is 0 Å². The highest BCUT2D eigenvalue weighted by Crippen LogP contribution is 2.13. The van der Waals surface area contributed by atoms with Crippen LogP contribution in [0.5, 0.6) is 0 Å². The number of unbranched alkanes of at least 4 members (excludes halogenated alkanes) is 1. The molecule has 0 aliphatic heterocycles. The molecule has 2 N–H and O–H groups in total. The molecule has 0 spiro atoms. The molecule has 92 valence electrons. The minimum absolute atomic E-state index is 0.416. The second-order valence-corrected chi connectivity index (χ2v) is 3.77. The van der Waals surface area contributed by atoms with Gasteiger partial charge in [-0.05, 0) is 6.42 Å². The molecule has 0 aromatic carbocycles. The lowest BCUT2D eigenvalue weighted by molar-refractivity contribution is 0.420. The van der Waals surface area contributed by atoms with Gasteiger partial charge < -0.3 is 10.3 Å². The zero-order chi connectivity index (χ0) is 12.1. The van der Waals surface area contributed by atoms with Crippen LogP contribution in [-0.4, -0.2) is 31.7 Å². The van der Waals surface area contributed by atoms with Crippen LogP contribution < -0.4 is 5.73 Å². The minimum atomic E-state index is 0.416. The maximum absolute atomic E-state index is 5.43. The Morgan fingerprint density at radius 1 is 1.47 bits per heavy atom. The summed E-state index contributed by atoms with van der Waals surface area (Å²) in [6.07, 6.45) is 4.75. The summed E-state index contributed by atoms with van der Waals surface area (Å²) in [6, 6.07) is 0. The number of nitrogens with two attached hydrogens (primary N) is 1. The molecule has 0 atom stereocenters. The Kier molecular flexibility index (Phi) is 3.81. The summed E-state index contributed by atoms with van der Waals surface area (Å²) >= 11 is 0. The monoisotopic (exact) mass is 236 g/mol. The van der Waals surface area contributed by atoms with Crippen LogP contribution in [0.2, 0.25) is 0 Å². The number of nitrogens with zero attached hydrogens (tertiary/aromatic N) is 5. The van der Waals surface area contributed by atoms with Crippen LogP contribution in [0.1, 0.15) is 25.6 Å². The van der Waals surface area contributed by atoms with E-state index >= 15 is 0 Å². The fourth-order valence-electron chi connectivity index (χ4n) is 1.43. The van der Waals surface area contributed by atoms with E-state index in [0.717, 1.165) is 25.1 Å². The summed E-state index contributed by atoms with van der Waals surface area (Å²) in [5.41, 5.74) is 6.02. The maximum Gasteiger partial charge on any atom is 0.280 e. The van der Waals surface area contributed by atoms with Crippen LogP contribution in [0, 0.1) is 0 Å². The zero-order valence-corrected chi connectivity index (χ0v) is 9.83. The average Bonchev–Trinajstić information content (AvgIpc) is 2.95. The molecule has 2 heterocycles. The molecule has 0 bridgehead atoms. The molecule has 0 fully saturated rings. The van der Waals surface area contributed by atoms with Crippen LogP contribution in [0.4, 0.5) is 0 Å². The lowest BCUT2D eigenvalue weighted by Gasteiger charge is -1.91. The van der Waals surface area contributed by atoms with Crippen molar-refractivity contribution in [2.45, 2.75) is 32.7 Å². The number of hydrogen-bond donors (Lipinski definition) is 1. The summed E-state index contributed by atoms with van der Waals surface area (Å²) in [7, 11) is 0. The van der Waals surface area contributed by atoms with Gasteiger partial charge in [-0.1, -0.05) is 23.7 Å². The van der Waals surface area contributed by atoms with Gasteiger partial charge in [-0.15, -0.1) is 5.10 Å². The first-order valence-electron chi connectivity index (χ1n) is 5.76. The van der Waals surface area contributed by atoms with Crippen molar-refractivity contribution in [3.05, 3.63) is 12.0 Å². The first-order valence-corrected chi connectivity index (χ1v) is 5.76. The zero-order valence-electron chi connectivity index (χ0n) is 9.83. The SMILES string of the molecule is CCCCc1noc(-c2cn(CCN)nn2)n1. The van der Waals surface area contributed by atoms with Crippen molar-refractivity contribution in [2.24, 2.45) is 5.73 Å². The van der Waals surface area contributed by atoms with E-state index in [9.17, 15) is 0 Å². The third-order valence-corrected chi connectivity index (χ3v) is 2.34. The summed E-state index contributed by atoms with van der Waals surface area (Å²) < 4.78 is 6.79. The Labute approximate surface area is 99.0 Å². The van der Waals surface area contributed by atoms with E-state index in [1.807, 2.05) is 0 Å². The number of hydrogen-bond acceptors (Lipinski definition) is 6. The van der Waals surface area contributed by atoms with E-state index in [4.69, 9.17) is 10.3 Å². The van der Waals surface area contributed by atoms with E-state index in [1.54, 1.807) is 10.9 Å². The van der Waals surface area contributed by atoms with Crippen molar-refractivity contribution in [1.82, 2.24) is 25.1 Å². The molecule has 2 rings (SSSR count). The molecule has 17 heavy (non-hydrogen) atoms. The minimum Gasteiger partial charge on any atom is -0.332 e. The van der Waals surface area contributed by atoms with E-state index < -0.39 is 0 Å². The smallest absolute Gasteiger partial charge is 0.280 e. The fourth-order valence-corrected chi connectivity index (χ4v) is 1.43. The quantitative estimate of drug-likeness (QED) is 0.790. The summed E-state index contributed by atoms with van der Waals surface area (Å²) in [5.74, 6) is 1.13. The molecule has 7 heteroatoms. The van der Waals surface area contributed by atoms with Crippen LogP contribution in [0.25, 0.3) is 11.6 Å². The second-order valence-electron chi connectivity index (χ2n) is 3.77. The standard InChI is InChI=1S/C10H16N6O/c1-2-3-4-9-12-10(17-14-9)8-7-16(6-5-11)15-13-8/h7H,2-6,11H2,1H3. The van der Waals surface area contributed by atoms with Gasteiger partial charge in [-0.3, -0.25) is 4.68 Å². The van der Waals surface area contributed by atoms with Crippen LogP contribution in [0.3, 0.4) is 0 Å². The number of aryl methyl sites for hydroxylation is 1. The Balaban J connectivity index is 2.07. The molecule has 2 aromatic heterocycles. The van der Waals surface area contributed by atoms with Crippen LogP contribution in [0.15, 0.2) is 10.7 Å². The predicted octanol–water partition coefficient (Wildman–Crippen LogP) is 0.629. The molecular formula is C10H16N6O. The average molecular weight is 236 g/mol. The highest BCUT2D eigenvalue weighted by Gasteiger charge is 2.12. The summed E-state index contributed by atoms with van der Waals surface area (Å²) in [4.78, 5) is 4.27. The summed E-state index contributed by atoms with van der Waals surface area (Å²) in [5, 5.41) is 11.8. The molecule has 2 aromatic rings. The Hall–Kier alpha value is -1.76. The molecule has 0 unspecified atom stereocenters. The fraction of sp³-hybridized carbons (Fsp3) is 0.600. The molecule has 0 saturated heterocycles. The maximum atomic E-state index is 5.43. The predicted molar refractivity (Wildman–Crippen MR) is 61.0 cm³/mol. The first kappa shape index (κ1) is 11.7.